The van der Waals surface area contributed by atoms with Crippen LogP contribution in [-0.2, 0) is 0 Å². The number of hydrogen-bond donors (Lipinski definition) is 2. The Hall–Kier alpha value is -2.93. The van der Waals surface area contributed by atoms with Crippen LogP contribution in [-0.4, -0.2) is 21.0 Å². The molecule has 0 saturated carbocycles. The molecule has 25 heavy (non-hydrogen) atoms. The Morgan fingerprint density at radius 2 is 1.84 bits per heavy atom. The Labute approximate surface area is 149 Å². The zero-order valence-electron chi connectivity index (χ0n) is 13.9. The van der Waals surface area contributed by atoms with Gasteiger partial charge in [0, 0.05) is 18.5 Å². The molecule has 7 nitrogen and oxygen atoms in total. The molecular formula is C17H16ClN5O2. The van der Waals surface area contributed by atoms with Gasteiger partial charge in [-0.3, -0.25) is 4.79 Å². The Kier molecular flexibility index (Phi) is 4.67. The molecule has 3 aromatic rings. The Morgan fingerprint density at radius 1 is 1.12 bits per heavy atom. The highest BCUT2D eigenvalue weighted by atomic mass is 35.5. The molecule has 2 aromatic heterocycles. The summed E-state index contributed by atoms with van der Waals surface area (Å²) in [5, 5.41) is 9.97. The van der Waals surface area contributed by atoms with Crippen molar-refractivity contribution in [2.45, 2.75) is 20.8 Å². The minimum atomic E-state index is -0.371. The van der Waals surface area contributed by atoms with Gasteiger partial charge in [-0.2, -0.15) is 0 Å². The predicted molar refractivity (Wildman–Crippen MR) is 95.4 cm³/mol. The molecule has 2 N–H and O–H groups in total. The maximum absolute atomic E-state index is 12.1. The van der Waals surface area contributed by atoms with Gasteiger partial charge in [0.25, 0.3) is 5.91 Å². The second-order valence-electron chi connectivity index (χ2n) is 5.64. The van der Waals surface area contributed by atoms with Crippen molar-refractivity contribution in [3.8, 4) is 0 Å². The molecule has 0 saturated heterocycles. The lowest BCUT2D eigenvalue weighted by Crippen LogP contribution is -2.13. The maximum Gasteiger partial charge on any atom is 0.260 e. The molecule has 2 heterocycles. The highest BCUT2D eigenvalue weighted by Gasteiger charge is 2.11. The average molecular weight is 358 g/mol. The molecule has 0 bridgehead atoms. The van der Waals surface area contributed by atoms with Gasteiger partial charge in [-0.1, -0.05) is 22.8 Å². The minimum absolute atomic E-state index is 0.304. The van der Waals surface area contributed by atoms with Crippen LogP contribution in [0.4, 0.5) is 17.5 Å². The summed E-state index contributed by atoms with van der Waals surface area (Å²) in [6.07, 6.45) is 2.85. The molecule has 0 atom stereocenters. The number of anilines is 3. The first-order valence-electron chi connectivity index (χ1n) is 7.53. The number of halogens is 1. The third-order valence-corrected chi connectivity index (χ3v) is 3.75. The summed E-state index contributed by atoms with van der Waals surface area (Å²) < 4.78 is 4.90. The van der Waals surface area contributed by atoms with Crippen molar-refractivity contribution in [1.82, 2.24) is 15.1 Å². The van der Waals surface area contributed by atoms with Gasteiger partial charge in [0.15, 0.2) is 5.82 Å². The molecule has 0 unspecified atom stereocenters. The van der Waals surface area contributed by atoms with Gasteiger partial charge < -0.3 is 15.2 Å². The fraction of sp³-hybridized carbons (Fsp3) is 0.176. The molecule has 0 aliphatic carbocycles. The topological polar surface area (TPSA) is 92.9 Å². The zero-order chi connectivity index (χ0) is 18.0. The van der Waals surface area contributed by atoms with Crippen LogP contribution in [0.25, 0.3) is 0 Å². The van der Waals surface area contributed by atoms with E-state index in [2.05, 4.69) is 25.8 Å². The lowest BCUT2D eigenvalue weighted by atomic mass is 10.1. The van der Waals surface area contributed by atoms with Crippen molar-refractivity contribution in [3.05, 3.63) is 58.1 Å². The van der Waals surface area contributed by atoms with Gasteiger partial charge in [-0.25, -0.2) is 9.97 Å². The highest BCUT2D eigenvalue weighted by molar-refractivity contribution is 6.33. The van der Waals surface area contributed by atoms with Gasteiger partial charge >= 0.3 is 0 Å². The van der Waals surface area contributed by atoms with Crippen molar-refractivity contribution in [1.29, 1.82) is 0 Å². The number of nitrogens with zero attached hydrogens (tertiary/aromatic N) is 3. The van der Waals surface area contributed by atoms with Crippen LogP contribution in [0.2, 0.25) is 5.02 Å². The second kappa shape index (κ2) is 6.90. The number of aryl methyl sites for hydroxylation is 3. The van der Waals surface area contributed by atoms with Crippen LogP contribution in [0, 0.1) is 20.8 Å². The second-order valence-corrected chi connectivity index (χ2v) is 6.04. The summed E-state index contributed by atoms with van der Waals surface area (Å²) in [6, 6.07) is 5.49. The van der Waals surface area contributed by atoms with Crippen molar-refractivity contribution >= 4 is 35.0 Å². The first-order valence-corrected chi connectivity index (χ1v) is 7.90. The quantitative estimate of drug-likeness (QED) is 0.732. The number of nitrogens with one attached hydrogen (secondary N) is 2. The summed E-state index contributed by atoms with van der Waals surface area (Å²) in [4.78, 5) is 20.4. The van der Waals surface area contributed by atoms with E-state index in [1.54, 1.807) is 13.0 Å². The summed E-state index contributed by atoms with van der Waals surface area (Å²) in [6.45, 7) is 5.66. The first kappa shape index (κ1) is 16.9. The largest absolute Gasteiger partial charge is 0.360 e. The van der Waals surface area contributed by atoms with Crippen molar-refractivity contribution in [2.75, 3.05) is 10.6 Å². The van der Waals surface area contributed by atoms with Crippen molar-refractivity contribution in [3.63, 3.8) is 0 Å². The highest BCUT2D eigenvalue weighted by Crippen LogP contribution is 2.29. The molecule has 0 aliphatic rings. The monoisotopic (exact) mass is 357 g/mol. The van der Waals surface area contributed by atoms with E-state index >= 15 is 0 Å². The summed E-state index contributed by atoms with van der Waals surface area (Å²) in [7, 11) is 0. The number of carbonyl (C=O) groups excluding carboxylic acids is 1. The molecule has 1 aromatic carbocycles. The fourth-order valence-electron chi connectivity index (χ4n) is 2.31. The normalized spacial score (nSPS) is 10.6. The standard InChI is InChI=1S/C17H16ClN5O2/c1-9-4-10(2)15(13(18)5-9)22-17-19-7-12(8-20-17)16(24)21-14-6-11(3)25-23-14/h4-8H,1-3H3,(H,19,20,22)(H,21,23,24). The van der Waals surface area contributed by atoms with Gasteiger partial charge in [0.05, 0.1) is 16.3 Å². The van der Waals surface area contributed by atoms with Crippen LogP contribution >= 0.6 is 11.6 Å². The Morgan fingerprint density at radius 3 is 2.44 bits per heavy atom. The van der Waals surface area contributed by atoms with Gasteiger partial charge in [-0.15, -0.1) is 0 Å². The van der Waals surface area contributed by atoms with E-state index < -0.39 is 0 Å². The summed E-state index contributed by atoms with van der Waals surface area (Å²) >= 11 is 6.26. The van der Waals surface area contributed by atoms with Crippen molar-refractivity contribution < 1.29 is 9.32 Å². The third kappa shape index (κ3) is 3.95. The number of amides is 1. The smallest absolute Gasteiger partial charge is 0.260 e. The number of rotatable bonds is 4. The lowest BCUT2D eigenvalue weighted by molar-refractivity contribution is 0.102. The van der Waals surface area contributed by atoms with Crippen LogP contribution in [0.5, 0.6) is 0 Å². The molecule has 0 fully saturated rings. The molecule has 0 spiro atoms. The molecule has 8 heteroatoms. The lowest BCUT2D eigenvalue weighted by Gasteiger charge is -2.11. The SMILES string of the molecule is Cc1cc(C)c(Nc2ncc(C(=O)Nc3cc(C)on3)cn2)c(Cl)c1. The average Bonchev–Trinajstić information content (AvgIpc) is 2.96. The summed E-state index contributed by atoms with van der Waals surface area (Å²) in [5.41, 5.74) is 3.10. The van der Waals surface area contributed by atoms with E-state index in [-0.39, 0.29) is 5.91 Å². The number of hydrogen-bond acceptors (Lipinski definition) is 6. The van der Waals surface area contributed by atoms with Crippen LogP contribution < -0.4 is 10.6 Å². The predicted octanol–water partition coefficient (Wildman–Crippen LogP) is 4.04. The molecule has 0 radical (unpaired) electrons. The first-order chi connectivity index (χ1) is 11.9. The number of aromatic nitrogens is 3. The van der Waals surface area contributed by atoms with E-state index in [0.717, 1.165) is 16.8 Å². The van der Waals surface area contributed by atoms with Crippen LogP contribution in [0.1, 0.15) is 27.2 Å². The van der Waals surface area contributed by atoms with Crippen LogP contribution in [0.15, 0.2) is 35.1 Å². The minimum Gasteiger partial charge on any atom is -0.360 e. The van der Waals surface area contributed by atoms with E-state index in [4.69, 9.17) is 16.1 Å². The molecule has 1 amide bonds. The zero-order valence-corrected chi connectivity index (χ0v) is 14.7. The van der Waals surface area contributed by atoms with E-state index in [9.17, 15) is 4.79 Å². The third-order valence-electron chi connectivity index (χ3n) is 3.45. The van der Waals surface area contributed by atoms with E-state index in [1.807, 2.05) is 26.0 Å². The number of benzene rings is 1. The van der Waals surface area contributed by atoms with Crippen molar-refractivity contribution in [2.24, 2.45) is 0 Å². The summed E-state index contributed by atoms with van der Waals surface area (Å²) in [5.74, 6) is 0.926. The van der Waals surface area contributed by atoms with Gasteiger partial charge in [-0.05, 0) is 38.0 Å². The van der Waals surface area contributed by atoms with E-state index in [1.165, 1.54) is 12.4 Å². The fourth-order valence-corrected chi connectivity index (χ4v) is 2.68. The van der Waals surface area contributed by atoms with Gasteiger partial charge in [0.2, 0.25) is 5.95 Å². The van der Waals surface area contributed by atoms with Gasteiger partial charge in [0.1, 0.15) is 5.76 Å². The number of carbonyl (C=O) groups is 1. The molecular weight excluding hydrogens is 342 g/mol. The Balaban J connectivity index is 1.73. The van der Waals surface area contributed by atoms with E-state index in [0.29, 0.717) is 28.1 Å². The van der Waals surface area contributed by atoms with Crippen LogP contribution in [0.3, 0.4) is 0 Å². The molecule has 0 aliphatic heterocycles. The molecule has 128 valence electrons. The molecule has 3 rings (SSSR count). The Bertz CT molecular complexity index is 898. The maximum atomic E-state index is 12.1.